The monoisotopic (exact) mass is 196 g/mol. The molecule has 2 rings (SSSR count). The summed E-state index contributed by atoms with van der Waals surface area (Å²) in [5.41, 5.74) is 0.537. The first-order valence-corrected chi connectivity index (χ1v) is 5.22. The summed E-state index contributed by atoms with van der Waals surface area (Å²) in [7, 11) is 0. The van der Waals surface area contributed by atoms with E-state index in [4.69, 9.17) is 0 Å². The van der Waals surface area contributed by atoms with Crippen LogP contribution in [0.1, 0.15) is 17.2 Å². The van der Waals surface area contributed by atoms with Gasteiger partial charge < -0.3 is 0 Å². The van der Waals surface area contributed by atoms with Gasteiger partial charge in [-0.3, -0.25) is 4.79 Å². The molecule has 0 aliphatic carbocycles. The quantitative estimate of drug-likeness (QED) is 0.686. The van der Waals surface area contributed by atoms with Crippen molar-refractivity contribution in [2.45, 2.75) is 11.7 Å². The highest BCUT2D eigenvalue weighted by Crippen LogP contribution is 2.37. The minimum absolute atomic E-state index is 0.148. The van der Waals surface area contributed by atoms with Crippen molar-refractivity contribution in [3.05, 3.63) is 35.6 Å². The van der Waals surface area contributed by atoms with Crippen LogP contribution in [0.25, 0.3) is 0 Å². The van der Waals surface area contributed by atoms with Crippen LogP contribution >= 0.6 is 11.8 Å². The first-order chi connectivity index (χ1) is 6.29. The van der Waals surface area contributed by atoms with Gasteiger partial charge in [-0.2, -0.15) is 0 Å². The maximum atomic E-state index is 13.2. The zero-order chi connectivity index (χ0) is 9.26. The van der Waals surface area contributed by atoms with Crippen molar-refractivity contribution >= 4 is 17.5 Å². The smallest absolute Gasteiger partial charge is 0.151 e. The van der Waals surface area contributed by atoms with E-state index in [1.807, 2.05) is 0 Å². The molecular weight excluding hydrogens is 187 g/mol. The van der Waals surface area contributed by atoms with Crippen molar-refractivity contribution < 1.29 is 9.18 Å². The molecule has 0 spiro atoms. The highest BCUT2D eigenvalue weighted by molar-refractivity contribution is 8.00. The number of carbonyl (C=O) groups excluding carboxylic acids is 1. The van der Waals surface area contributed by atoms with Gasteiger partial charge in [0.1, 0.15) is 5.82 Å². The van der Waals surface area contributed by atoms with Gasteiger partial charge in [0.25, 0.3) is 0 Å². The molecule has 0 bridgehead atoms. The predicted octanol–water partition coefficient (Wildman–Crippen LogP) is 2.57. The maximum absolute atomic E-state index is 13.2. The Bertz CT molecular complexity index is 337. The van der Waals surface area contributed by atoms with Crippen molar-refractivity contribution in [1.82, 2.24) is 0 Å². The molecule has 0 N–H and O–H groups in total. The second kappa shape index (κ2) is 3.50. The topological polar surface area (TPSA) is 17.1 Å². The fourth-order valence-corrected chi connectivity index (χ4v) is 2.68. The highest BCUT2D eigenvalue weighted by atomic mass is 32.2. The van der Waals surface area contributed by atoms with Crippen molar-refractivity contribution in [2.75, 3.05) is 5.75 Å². The third kappa shape index (κ3) is 1.61. The number of ketones is 1. The Morgan fingerprint density at radius 1 is 1.38 bits per heavy atom. The Kier molecular flexibility index (Phi) is 2.36. The van der Waals surface area contributed by atoms with Crippen LogP contribution in [0.3, 0.4) is 0 Å². The zero-order valence-corrected chi connectivity index (χ0v) is 7.81. The third-order valence-electron chi connectivity index (χ3n) is 2.11. The van der Waals surface area contributed by atoms with Crippen LogP contribution in [0.4, 0.5) is 4.39 Å². The molecule has 0 radical (unpaired) electrons. The van der Waals surface area contributed by atoms with Gasteiger partial charge in [0.2, 0.25) is 0 Å². The summed E-state index contributed by atoms with van der Waals surface area (Å²) in [6, 6.07) is 6.51. The van der Waals surface area contributed by atoms with Crippen LogP contribution < -0.4 is 0 Å². The lowest BCUT2D eigenvalue weighted by Crippen LogP contribution is -2.03. The number of Topliss-reactive ketones (excluding diaryl/α,β-unsaturated/α-hetero) is 1. The Labute approximate surface area is 80.3 Å². The minimum Gasteiger partial charge on any atom is -0.298 e. The molecule has 1 unspecified atom stereocenters. The van der Waals surface area contributed by atoms with Crippen molar-refractivity contribution in [3.8, 4) is 0 Å². The average molecular weight is 196 g/mol. The number of hydrogen-bond acceptors (Lipinski definition) is 2. The molecule has 1 nitrogen and oxygen atoms in total. The lowest BCUT2D eigenvalue weighted by Gasteiger charge is -2.07. The second-order valence-electron chi connectivity index (χ2n) is 2.99. The van der Waals surface area contributed by atoms with E-state index in [2.05, 4.69) is 0 Å². The van der Waals surface area contributed by atoms with Gasteiger partial charge in [-0.25, -0.2) is 4.39 Å². The SMILES string of the molecule is O=C1CCSC1c1ccccc1F. The van der Waals surface area contributed by atoms with E-state index < -0.39 is 0 Å². The molecule has 0 saturated carbocycles. The summed E-state index contributed by atoms with van der Waals surface area (Å²) < 4.78 is 13.2. The van der Waals surface area contributed by atoms with Crippen molar-refractivity contribution in [2.24, 2.45) is 0 Å². The van der Waals surface area contributed by atoms with Gasteiger partial charge in [-0.05, 0) is 6.07 Å². The molecule has 1 fully saturated rings. The molecule has 1 aromatic carbocycles. The molecule has 13 heavy (non-hydrogen) atoms. The Hall–Kier alpha value is -0.830. The van der Waals surface area contributed by atoms with E-state index in [0.717, 1.165) is 5.75 Å². The van der Waals surface area contributed by atoms with Gasteiger partial charge in [-0.1, -0.05) is 18.2 Å². The number of carbonyl (C=O) groups is 1. The van der Waals surface area contributed by atoms with Gasteiger partial charge in [0, 0.05) is 17.7 Å². The Morgan fingerprint density at radius 2 is 2.15 bits per heavy atom. The number of hydrogen-bond donors (Lipinski definition) is 0. The molecule has 1 aliphatic rings. The maximum Gasteiger partial charge on any atom is 0.151 e. The summed E-state index contributed by atoms with van der Waals surface area (Å²) in [5.74, 6) is 0.697. The highest BCUT2D eigenvalue weighted by Gasteiger charge is 2.28. The first kappa shape index (κ1) is 8.75. The summed E-state index contributed by atoms with van der Waals surface area (Å²) >= 11 is 1.53. The summed E-state index contributed by atoms with van der Waals surface area (Å²) in [4.78, 5) is 11.3. The van der Waals surface area contributed by atoms with Crippen LogP contribution in [0.2, 0.25) is 0 Å². The van der Waals surface area contributed by atoms with Crippen LogP contribution in [-0.2, 0) is 4.79 Å². The minimum atomic E-state index is -0.268. The third-order valence-corrected chi connectivity index (χ3v) is 3.40. The Morgan fingerprint density at radius 3 is 2.77 bits per heavy atom. The molecule has 68 valence electrons. The van der Waals surface area contributed by atoms with Crippen LogP contribution in [0.15, 0.2) is 24.3 Å². The van der Waals surface area contributed by atoms with Gasteiger partial charge in [-0.15, -0.1) is 11.8 Å². The van der Waals surface area contributed by atoms with E-state index in [-0.39, 0.29) is 16.9 Å². The molecule has 1 heterocycles. The molecule has 1 aliphatic heterocycles. The summed E-state index contributed by atoms with van der Waals surface area (Å²) in [6.07, 6.45) is 0.573. The van der Waals surface area contributed by atoms with Crippen LogP contribution in [0, 0.1) is 5.82 Å². The number of rotatable bonds is 1. The largest absolute Gasteiger partial charge is 0.298 e. The predicted molar refractivity (Wildman–Crippen MR) is 51.2 cm³/mol. The summed E-state index contributed by atoms with van der Waals surface area (Å²) in [5, 5.41) is -0.263. The normalized spacial score (nSPS) is 22.2. The number of halogens is 1. The molecule has 0 amide bonds. The average Bonchev–Trinajstić information content (AvgIpc) is 2.52. The van der Waals surface area contributed by atoms with Crippen molar-refractivity contribution in [1.29, 1.82) is 0 Å². The van der Waals surface area contributed by atoms with Crippen molar-refractivity contribution in [3.63, 3.8) is 0 Å². The number of thioether (sulfide) groups is 1. The molecule has 1 saturated heterocycles. The molecule has 3 heteroatoms. The first-order valence-electron chi connectivity index (χ1n) is 4.18. The van der Waals surface area contributed by atoms with Gasteiger partial charge in [0.15, 0.2) is 5.78 Å². The molecule has 0 aromatic heterocycles. The lowest BCUT2D eigenvalue weighted by atomic mass is 10.1. The van der Waals surface area contributed by atoms with E-state index in [9.17, 15) is 9.18 Å². The standard InChI is InChI=1S/C10H9FOS/c11-8-4-2-1-3-7(8)10-9(12)5-6-13-10/h1-4,10H,5-6H2. The van der Waals surface area contributed by atoms with E-state index in [1.165, 1.54) is 17.8 Å². The van der Waals surface area contributed by atoms with E-state index >= 15 is 0 Å². The molecule has 1 aromatic rings. The Balaban J connectivity index is 2.34. The van der Waals surface area contributed by atoms with Gasteiger partial charge in [0.05, 0.1) is 5.25 Å². The second-order valence-corrected chi connectivity index (χ2v) is 4.20. The fraction of sp³-hybridized carbons (Fsp3) is 0.300. The van der Waals surface area contributed by atoms with E-state index in [0.29, 0.717) is 12.0 Å². The fourth-order valence-electron chi connectivity index (χ4n) is 1.45. The van der Waals surface area contributed by atoms with Gasteiger partial charge >= 0.3 is 0 Å². The van der Waals surface area contributed by atoms with Crippen LogP contribution in [0.5, 0.6) is 0 Å². The molecule has 1 atom stereocenters. The van der Waals surface area contributed by atoms with E-state index in [1.54, 1.807) is 18.2 Å². The zero-order valence-electron chi connectivity index (χ0n) is 7.00. The van der Waals surface area contributed by atoms with Crippen LogP contribution in [-0.4, -0.2) is 11.5 Å². The lowest BCUT2D eigenvalue weighted by molar-refractivity contribution is -0.117. The summed E-state index contributed by atoms with van der Waals surface area (Å²) in [6.45, 7) is 0. The number of benzene rings is 1. The molecular formula is C10H9FOS.